The number of rotatable bonds is 8. The molecule has 0 atom stereocenters. The molecule has 2 rings (SSSR count). The molecule has 2 aliphatic rings. The van der Waals surface area contributed by atoms with Crippen LogP contribution >= 0.6 is 0 Å². The second kappa shape index (κ2) is 6.59. The van der Waals surface area contributed by atoms with Crippen molar-refractivity contribution < 1.29 is 14.3 Å². The minimum absolute atomic E-state index is 0.156. The van der Waals surface area contributed by atoms with E-state index in [4.69, 9.17) is 4.74 Å². The van der Waals surface area contributed by atoms with E-state index in [9.17, 15) is 4.79 Å². The molecule has 0 aromatic carbocycles. The van der Waals surface area contributed by atoms with E-state index < -0.39 is 0 Å². The third-order valence-electron chi connectivity index (χ3n) is 3.66. The first-order valence-corrected chi connectivity index (χ1v) is 6.94. The number of hydrogen-bond donors (Lipinski definition) is 0. The summed E-state index contributed by atoms with van der Waals surface area (Å²) >= 11 is 0. The number of nitrogens with zero attached hydrogens (tertiary/aromatic N) is 2. The standard InChI is InChI=1S/C15H22N2O3/c1-11(6-14(16-2)20-10-12-4-5-12)17-8-13(9-17)7-15(18)19-3/h6,12-13H,1-2,4-5,7-10H2,3H3/b14-6+. The molecule has 1 heterocycles. The third-order valence-corrected chi connectivity index (χ3v) is 3.66. The van der Waals surface area contributed by atoms with Gasteiger partial charge in [-0.05, 0) is 25.5 Å². The van der Waals surface area contributed by atoms with Crippen molar-refractivity contribution in [3.8, 4) is 0 Å². The van der Waals surface area contributed by atoms with Gasteiger partial charge in [-0.15, -0.1) is 0 Å². The van der Waals surface area contributed by atoms with Gasteiger partial charge in [0.25, 0.3) is 0 Å². The molecule has 20 heavy (non-hydrogen) atoms. The third kappa shape index (κ3) is 4.11. The van der Waals surface area contributed by atoms with E-state index in [0.29, 0.717) is 30.7 Å². The molecular formula is C15H22N2O3. The fraction of sp³-hybridized carbons (Fsp3) is 0.600. The van der Waals surface area contributed by atoms with E-state index in [-0.39, 0.29) is 5.97 Å². The van der Waals surface area contributed by atoms with E-state index >= 15 is 0 Å². The number of ether oxygens (including phenoxy) is 2. The van der Waals surface area contributed by atoms with Crippen molar-refractivity contribution in [2.45, 2.75) is 19.3 Å². The highest BCUT2D eigenvalue weighted by atomic mass is 16.5. The molecule has 0 radical (unpaired) electrons. The van der Waals surface area contributed by atoms with Gasteiger partial charge in [0.15, 0.2) is 0 Å². The van der Waals surface area contributed by atoms with Crippen molar-refractivity contribution in [1.29, 1.82) is 0 Å². The number of carbonyl (C=O) groups excluding carboxylic acids is 1. The Hall–Kier alpha value is -1.78. The topological polar surface area (TPSA) is 51.1 Å². The Morgan fingerprint density at radius 1 is 1.40 bits per heavy atom. The zero-order chi connectivity index (χ0) is 14.5. The first-order valence-electron chi connectivity index (χ1n) is 6.94. The van der Waals surface area contributed by atoms with Gasteiger partial charge < -0.3 is 14.4 Å². The van der Waals surface area contributed by atoms with Crippen LogP contribution in [-0.2, 0) is 14.3 Å². The van der Waals surface area contributed by atoms with Crippen LogP contribution in [0, 0.1) is 11.8 Å². The molecule has 1 aliphatic heterocycles. The molecule has 5 heteroatoms. The van der Waals surface area contributed by atoms with Crippen LogP contribution in [0.1, 0.15) is 19.3 Å². The van der Waals surface area contributed by atoms with Crippen molar-refractivity contribution in [3.05, 3.63) is 24.2 Å². The minimum atomic E-state index is -0.156. The smallest absolute Gasteiger partial charge is 0.305 e. The van der Waals surface area contributed by atoms with Gasteiger partial charge in [-0.3, -0.25) is 4.79 Å². The van der Waals surface area contributed by atoms with Gasteiger partial charge in [-0.25, -0.2) is 4.99 Å². The average molecular weight is 278 g/mol. The maximum atomic E-state index is 11.2. The Balaban J connectivity index is 1.73. The van der Waals surface area contributed by atoms with E-state index in [1.807, 2.05) is 6.08 Å². The van der Waals surface area contributed by atoms with E-state index in [2.05, 4.69) is 27.9 Å². The molecular weight excluding hydrogens is 256 g/mol. The van der Waals surface area contributed by atoms with E-state index in [1.165, 1.54) is 20.0 Å². The van der Waals surface area contributed by atoms with Crippen LogP contribution in [0.3, 0.4) is 0 Å². The maximum absolute atomic E-state index is 11.2. The van der Waals surface area contributed by atoms with Crippen molar-refractivity contribution in [2.24, 2.45) is 16.8 Å². The summed E-state index contributed by atoms with van der Waals surface area (Å²) in [7, 11) is 1.42. The maximum Gasteiger partial charge on any atom is 0.305 e. The predicted molar refractivity (Wildman–Crippen MR) is 77.1 cm³/mol. The molecule has 2 fully saturated rings. The lowest BCUT2D eigenvalue weighted by Gasteiger charge is -2.40. The van der Waals surface area contributed by atoms with Gasteiger partial charge >= 0.3 is 5.97 Å². The molecule has 5 nitrogen and oxygen atoms in total. The SMILES string of the molecule is C=N/C(=C\C(=C)N1CC(CC(=O)OC)C1)OCC1CC1. The van der Waals surface area contributed by atoms with Gasteiger partial charge in [-0.1, -0.05) is 6.58 Å². The molecule has 0 bridgehead atoms. The van der Waals surface area contributed by atoms with Gasteiger partial charge in [0.1, 0.15) is 0 Å². The van der Waals surface area contributed by atoms with Gasteiger partial charge in [0.05, 0.1) is 20.1 Å². The summed E-state index contributed by atoms with van der Waals surface area (Å²) < 4.78 is 10.2. The zero-order valence-electron chi connectivity index (χ0n) is 12.0. The van der Waals surface area contributed by atoms with Crippen LogP contribution in [0.5, 0.6) is 0 Å². The molecule has 1 aliphatic carbocycles. The summed E-state index contributed by atoms with van der Waals surface area (Å²) in [4.78, 5) is 17.1. The molecule has 0 unspecified atom stereocenters. The van der Waals surface area contributed by atoms with Gasteiger partial charge in [0, 0.05) is 30.8 Å². The van der Waals surface area contributed by atoms with Crippen LogP contribution in [0.15, 0.2) is 29.2 Å². The second-order valence-electron chi connectivity index (χ2n) is 5.44. The molecule has 0 N–H and O–H groups in total. The number of aliphatic imine (C=N–C) groups is 1. The molecule has 1 saturated carbocycles. The normalized spacial score (nSPS) is 19.2. The highest BCUT2D eigenvalue weighted by Crippen LogP contribution is 2.30. The second-order valence-corrected chi connectivity index (χ2v) is 5.44. The largest absolute Gasteiger partial charge is 0.477 e. The lowest BCUT2D eigenvalue weighted by atomic mass is 9.96. The summed E-state index contributed by atoms with van der Waals surface area (Å²) in [5.41, 5.74) is 0.851. The predicted octanol–water partition coefficient (Wildman–Crippen LogP) is 1.96. The fourth-order valence-corrected chi connectivity index (χ4v) is 2.11. The molecule has 0 amide bonds. The summed E-state index contributed by atoms with van der Waals surface area (Å²) in [6.07, 6.45) is 4.76. The first kappa shape index (κ1) is 14.6. The van der Waals surface area contributed by atoms with Crippen LogP contribution < -0.4 is 0 Å². The molecule has 0 aromatic heterocycles. The Labute approximate surface area is 120 Å². The Morgan fingerprint density at radius 3 is 2.65 bits per heavy atom. The molecule has 1 saturated heterocycles. The monoisotopic (exact) mass is 278 g/mol. The number of hydrogen-bond acceptors (Lipinski definition) is 5. The molecule has 0 aromatic rings. The Bertz CT molecular complexity index is 421. The summed E-state index contributed by atoms with van der Waals surface area (Å²) in [5, 5.41) is 0. The number of esters is 1. The van der Waals surface area contributed by atoms with Crippen LogP contribution in [-0.4, -0.2) is 44.4 Å². The lowest BCUT2D eigenvalue weighted by molar-refractivity contribution is -0.142. The van der Waals surface area contributed by atoms with Crippen LogP contribution in [0.4, 0.5) is 0 Å². The summed E-state index contributed by atoms with van der Waals surface area (Å²) in [6.45, 7) is 9.87. The fourth-order valence-electron chi connectivity index (χ4n) is 2.11. The first-order chi connectivity index (χ1) is 9.62. The quantitative estimate of drug-likeness (QED) is 0.295. The summed E-state index contributed by atoms with van der Waals surface area (Å²) in [6, 6.07) is 0. The minimum Gasteiger partial charge on any atom is -0.477 e. The molecule has 110 valence electrons. The van der Waals surface area contributed by atoms with Crippen molar-refractivity contribution in [2.75, 3.05) is 26.8 Å². The average Bonchev–Trinajstić information content (AvgIpc) is 3.21. The summed E-state index contributed by atoms with van der Waals surface area (Å²) in [5.74, 6) is 1.40. The number of allylic oxidation sites excluding steroid dienone is 1. The van der Waals surface area contributed by atoms with E-state index in [1.54, 1.807) is 0 Å². The lowest BCUT2D eigenvalue weighted by Crippen LogP contribution is -2.46. The van der Waals surface area contributed by atoms with E-state index in [0.717, 1.165) is 18.8 Å². The van der Waals surface area contributed by atoms with Crippen LogP contribution in [0.2, 0.25) is 0 Å². The highest BCUT2D eigenvalue weighted by molar-refractivity contribution is 5.69. The Kier molecular flexibility index (Phi) is 4.82. The Morgan fingerprint density at radius 2 is 2.10 bits per heavy atom. The van der Waals surface area contributed by atoms with Gasteiger partial charge in [-0.2, -0.15) is 0 Å². The number of carbonyl (C=O) groups is 1. The van der Waals surface area contributed by atoms with Crippen LogP contribution in [0.25, 0.3) is 0 Å². The van der Waals surface area contributed by atoms with Gasteiger partial charge in [0.2, 0.25) is 5.88 Å². The van der Waals surface area contributed by atoms with Crippen molar-refractivity contribution in [1.82, 2.24) is 4.90 Å². The number of likely N-dealkylation sites (tertiary alicyclic amines) is 1. The van der Waals surface area contributed by atoms with Crippen molar-refractivity contribution >= 4 is 12.7 Å². The molecule has 0 spiro atoms. The zero-order valence-corrected chi connectivity index (χ0v) is 12.0. The number of methoxy groups -OCH3 is 1. The van der Waals surface area contributed by atoms with Crippen molar-refractivity contribution in [3.63, 3.8) is 0 Å². The highest BCUT2D eigenvalue weighted by Gasteiger charge is 2.29.